The molecule has 0 aromatic heterocycles. The second kappa shape index (κ2) is 8.28. The number of benzene rings is 2. The molecule has 2 aromatic carbocycles. The van der Waals surface area contributed by atoms with Gasteiger partial charge in [-0.25, -0.2) is 13.8 Å². The third-order valence-electron chi connectivity index (χ3n) is 2.46. The van der Waals surface area contributed by atoms with E-state index >= 15 is 0 Å². The maximum atomic E-state index is 12.1. The van der Waals surface area contributed by atoms with E-state index in [1.807, 2.05) is 13.8 Å². The topological polar surface area (TPSA) is 70.2 Å². The maximum Gasteiger partial charge on any atom is 0.261 e. The van der Waals surface area contributed by atoms with Crippen molar-refractivity contribution < 1.29 is 8.42 Å². The first-order valence-electron chi connectivity index (χ1n) is 6.72. The van der Waals surface area contributed by atoms with E-state index in [1.165, 1.54) is 0 Å². The molecule has 0 saturated carbocycles. The summed E-state index contributed by atoms with van der Waals surface area (Å²) < 4.78 is 26.7. The lowest BCUT2D eigenvalue weighted by Crippen LogP contribution is -2.15. The minimum Gasteiger partial charge on any atom is -0.322 e. The third-order valence-corrected chi connectivity index (χ3v) is 3.86. The van der Waals surface area contributed by atoms with Gasteiger partial charge in [0.1, 0.15) is 0 Å². The number of anilines is 2. The summed E-state index contributed by atoms with van der Waals surface area (Å²) in [6.45, 7) is 4.00. The summed E-state index contributed by atoms with van der Waals surface area (Å²) in [5.74, 6) is 0. The van der Waals surface area contributed by atoms with Crippen molar-refractivity contribution in [2.45, 2.75) is 18.7 Å². The van der Waals surface area contributed by atoms with Crippen molar-refractivity contribution in [2.75, 3.05) is 17.2 Å². The Bertz CT molecular complexity index is 626. The van der Waals surface area contributed by atoms with Gasteiger partial charge in [-0.2, -0.15) is 0 Å². The molecule has 0 fully saturated rings. The van der Waals surface area contributed by atoms with Crippen molar-refractivity contribution in [3.05, 3.63) is 54.6 Å². The number of sulfonamides is 1. The highest BCUT2D eigenvalue weighted by Gasteiger charge is 2.12. The van der Waals surface area contributed by atoms with Crippen LogP contribution in [0.2, 0.25) is 0 Å². The van der Waals surface area contributed by atoms with E-state index in [-0.39, 0.29) is 4.90 Å². The van der Waals surface area contributed by atoms with E-state index in [9.17, 15) is 8.42 Å². The van der Waals surface area contributed by atoms with E-state index in [4.69, 9.17) is 0 Å². The Kier molecular flexibility index (Phi) is 6.71. The molecule has 0 radical (unpaired) electrons. The molecule has 0 saturated heterocycles. The fourth-order valence-corrected chi connectivity index (χ4v) is 2.66. The van der Waals surface area contributed by atoms with Crippen molar-refractivity contribution in [1.82, 2.24) is 5.43 Å². The first kappa shape index (κ1) is 17.0. The maximum absolute atomic E-state index is 12.1. The fourth-order valence-electron chi connectivity index (χ4n) is 1.58. The Morgan fingerprint density at radius 3 is 1.86 bits per heavy atom. The van der Waals surface area contributed by atoms with Crippen LogP contribution in [-0.4, -0.2) is 15.5 Å². The fraction of sp³-hybridized carbons (Fsp3) is 0.200. The molecule has 0 unspecified atom stereocenters. The van der Waals surface area contributed by atoms with Crippen LogP contribution in [0.25, 0.3) is 0 Å². The first-order valence-corrected chi connectivity index (χ1v) is 8.21. The van der Waals surface area contributed by atoms with Crippen LogP contribution < -0.4 is 15.6 Å². The summed E-state index contributed by atoms with van der Waals surface area (Å²) in [4.78, 5) is 0.243. The lowest BCUT2D eigenvalue weighted by Gasteiger charge is -2.09. The standard InChI is InChI=1S/C13H15N3O2S.C2H6/c1-14-15-11-7-9-12(10-8-11)16-19(17,18)13-5-3-2-4-6-13;1-2/h2-10,14-16H,1H3;1-2H3. The quantitative estimate of drug-likeness (QED) is 0.743. The molecule has 0 aliphatic carbocycles. The van der Waals surface area contributed by atoms with Gasteiger partial charge in [0.15, 0.2) is 0 Å². The Balaban J connectivity index is 0.00000106. The van der Waals surface area contributed by atoms with Crippen molar-refractivity contribution in [3.63, 3.8) is 0 Å². The first-order chi connectivity index (χ1) is 10.1. The van der Waals surface area contributed by atoms with Crippen LogP contribution in [0.4, 0.5) is 11.4 Å². The Labute approximate surface area is 126 Å². The van der Waals surface area contributed by atoms with E-state index in [0.717, 1.165) is 5.69 Å². The second-order valence-corrected chi connectivity index (χ2v) is 5.55. The average Bonchev–Trinajstić information content (AvgIpc) is 2.52. The highest BCUT2D eigenvalue weighted by atomic mass is 32.2. The number of hydrogen-bond donors (Lipinski definition) is 3. The molecular weight excluding hydrogens is 286 g/mol. The zero-order valence-electron chi connectivity index (χ0n) is 12.4. The number of nitrogens with one attached hydrogen (secondary N) is 3. The number of hydrazine groups is 1. The highest BCUT2D eigenvalue weighted by Crippen LogP contribution is 2.17. The summed E-state index contributed by atoms with van der Waals surface area (Å²) in [6, 6.07) is 15.2. The summed E-state index contributed by atoms with van der Waals surface area (Å²) in [5, 5.41) is 0. The van der Waals surface area contributed by atoms with Crippen LogP contribution in [0.1, 0.15) is 13.8 Å². The van der Waals surface area contributed by atoms with Crippen molar-refractivity contribution in [2.24, 2.45) is 0 Å². The summed E-state index contributed by atoms with van der Waals surface area (Å²) in [6.07, 6.45) is 0. The summed E-state index contributed by atoms with van der Waals surface area (Å²) in [7, 11) is -1.77. The lowest BCUT2D eigenvalue weighted by atomic mass is 10.3. The molecule has 6 heteroatoms. The molecule has 0 spiro atoms. The van der Waals surface area contributed by atoms with E-state index in [1.54, 1.807) is 61.6 Å². The average molecular weight is 307 g/mol. The van der Waals surface area contributed by atoms with Crippen LogP contribution in [-0.2, 0) is 10.0 Å². The highest BCUT2D eigenvalue weighted by molar-refractivity contribution is 7.92. The minimum atomic E-state index is -3.52. The smallest absolute Gasteiger partial charge is 0.261 e. The second-order valence-electron chi connectivity index (χ2n) is 3.87. The molecule has 5 nitrogen and oxygen atoms in total. The van der Waals surface area contributed by atoms with Gasteiger partial charge in [0.2, 0.25) is 0 Å². The summed E-state index contributed by atoms with van der Waals surface area (Å²) >= 11 is 0. The largest absolute Gasteiger partial charge is 0.322 e. The molecular formula is C15H21N3O2S. The van der Waals surface area contributed by atoms with Crippen molar-refractivity contribution in [1.29, 1.82) is 0 Å². The zero-order chi connectivity index (χ0) is 15.7. The molecule has 0 aliphatic heterocycles. The SMILES string of the molecule is CC.CNNc1ccc(NS(=O)(=O)c2ccccc2)cc1. The normalized spacial score (nSPS) is 10.2. The van der Waals surface area contributed by atoms with Gasteiger partial charge in [-0.1, -0.05) is 32.0 Å². The van der Waals surface area contributed by atoms with Crippen molar-refractivity contribution >= 4 is 21.4 Å². The van der Waals surface area contributed by atoms with Crippen LogP contribution >= 0.6 is 0 Å². The molecule has 0 heterocycles. The van der Waals surface area contributed by atoms with Gasteiger partial charge in [0.25, 0.3) is 10.0 Å². The molecule has 21 heavy (non-hydrogen) atoms. The van der Waals surface area contributed by atoms with Gasteiger partial charge in [0, 0.05) is 18.4 Å². The zero-order valence-corrected chi connectivity index (χ0v) is 13.2. The molecule has 2 rings (SSSR count). The minimum absolute atomic E-state index is 0.243. The monoisotopic (exact) mass is 307 g/mol. The molecule has 114 valence electrons. The predicted octanol–water partition coefficient (Wildman–Crippen LogP) is 3.06. The van der Waals surface area contributed by atoms with Gasteiger partial charge in [0.05, 0.1) is 4.90 Å². The van der Waals surface area contributed by atoms with Gasteiger partial charge < -0.3 is 5.43 Å². The number of hydrogen-bond acceptors (Lipinski definition) is 4. The van der Waals surface area contributed by atoms with Crippen molar-refractivity contribution in [3.8, 4) is 0 Å². The van der Waals surface area contributed by atoms with Gasteiger partial charge in [-0.3, -0.25) is 4.72 Å². The van der Waals surface area contributed by atoms with Gasteiger partial charge in [-0.15, -0.1) is 0 Å². The Morgan fingerprint density at radius 2 is 1.33 bits per heavy atom. The van der Waals surface area contributed by atoms with Crippen LogP contribution in [0.5, 0.6) is 0 Å². The Morgan fingerprint density at radius 1 is 0.810 bits per heavy atom. The van der Waals surface area contributed by atoms with E-state index in [2.05, 4.69) is 15.6 Å². The van der Waals surface area contributed by atoms with Gasteiger partial charge in [-0.05, 0) is 36.4 Å². The predicted molar refractivity (Wildman–Crippen MR) is 87.7 cm³/mol. The van der Waals surface area contributed by atoms with Gasteiger partial charge >= 0.3 is 0 Å². The van der Waals surface area contributed by atoms with E-state index < -0.39 is 10.0 Å². The molecule has 3 N–H and O–H groups in total. The number of rotatable bonds is 5. The Hall–Kier alpha value is -2.05. The summed E-state index contributed by atoms with van der Waals surface area (Å²) in [5.41, 5.74) is 7.06. The van der Waals surface area contributed by atoms with Crippen LogP contribution in [0.15, 0.2) is 59.5 Å². The molecule has 0 atom stereocenters. The van der Waals surface area contributed by atoms with Crippen LogP contribution in [0, 0.1) is 0 Å². The molecule has 2 aromatic rings. The molecule has 0 amide bonds. The molecule has 0 bridgehead atoms. The van der Waals surface area contributed by atoms with Crippen LogP contribution in [0.3, 0.4) is 0 Å². The van der Waals surface area contributed by atoms with E-state index in [0.29, 0.717) is 5.69 Å². The third kappa shape index (κ3) is 5.09. The molecule has 0 aliphatic rings. The lowest BCUT2D eigenvalue weighted by molar-refractivity contribution is 0.601.